The van der Waals surface area contributed by atoms with Crippen molar-refractivity contribution >= 4 is 10.5 Å². The molecule has 0 unspecified atom stereocenters. The normalized spacial score (nSPS) is 7.50. The van der Waals surface area contributed by atoms with Crippen molar-refractivity contribution in [1.82, 2.24) is 0 Å². The van der Waals surface area contributed by atoms with Crippen molar-refractivity contribution in [2.75, 3.05) is 6.61 Å². The average molecular weight is 96.1 g/mol. The van der Waals surface area contributed by atoms with Gasteiger partial charge in [-0.2, -0.15) is 6.42 Å². The van der Waals surface area contributed by atoms with Crippen LogP contribution in [0, 0.1) is 6.92 Å². The molecule has 0 aromatic heterocycles. The van der Waals surface area contributed by atoms with Crippen molar-refractivity contribution in [3.63, 3.8) is 0 Å². The smallest absolute Gasteiger partial charge is 0.431 e. The molecule has 0 radical (unpaired) electrons. The molecule has 0 spiro atoms. The van der Waals surface area contributed by atoms with Crippen LogP contribution in [0.3, 0.4) is 0 Å². The molecule has 0 aromatic rings. The summed E-state index contributed by atoms with van der Waals surface area (Å²) in [7, 11) is 0.859. The van der Waals surface area contributed by atoms with Crippen LogP contribution >= 0.6 is 0 Å². The molecule has 0 atom stereocenters. The van der Waals surface area contributed by atoms with Gasteiger partial charge in [-0.1, -0.05) is 0 Å². The molecule has 0 N–H and O–H groups in total. The van der Waals surface area contributed by atoms with E-state index >= 15 is 0 Å². The molecule has 0 fully saturated rings. The Morgan fingerprint density at radius 3 is 2.17 bits per heavy atom. The molecule has 6 heavy (non-hydrogen) atoms. The molecule has 0 saturated carbocycles. The maximum atomic E-state index is 4.77. The fourth-order valence-electron chi connectivity index (χ4n) is 0.144. The zero-order valence-corrected chi connectivity index (χ0v) is 6.53. The van der Waals surface area contributed by atoms with Crippen molar-refractivity contribution in [3.05, 3.63) is 6.92 Å². The predicted octanol–water partition coefficient (Wildman–Crippen LogP) is -3.49. The maximum absolute atomic E-state index is 4.77. The topological polar surface area (TPSA) is 9.23 Å². The molecule has 1 nitrogen and oxygen atoms in total. The summed E-state index contributed by atoms with van der Waals surface area (Å²) < 4.78 is 4.77. The summed E-state index contributed by atoms with van der Waals surface area (Å²) in [6.45, 7) is 4.41. The Balaban J connectivity index is 0. The Morgan fingerprint density at radius 2 is 2.17 bits per heavy atom. The van der Waals surface area contributed by atoms with E-state index in [-0.39, 0.29) is 18.9 Å². The van der Waals surface area contributed by atoms with Crippen molar-refractivity contribution in [2.24, 2.45) is 0 Å². The standard InChI is InChI=1S/C3H9OSi.Li/c1-2-3-4-5;/h1-3H2,5H3;/q-1;+1. The van der Waals surface area contributed by atoms with E-state index in [9.17, 15) is 0 Å². The molecular weight excluding hydrogens is 87.1 g/mol. The van der Waals surface area contributed by atoms with E-state index in [2.05, 4.69) is 6.92 Å². The minimum atomic E-state index is 0. The molecule has 0 aromatic carbocycles. The summed E-state index contributed by atoms with van der Waals surface area (Å²) in [5.74, 6) is 0. The van der Waals surface area contributed by atoms with Crippen LogP contribution in [0.15, 0.2) is 0 Å². The third-order valence-electron chi connectivity index (χ3n) is 0.348. The van der Waals surface area contributed by atoms with Crippen LogP contribution in [-0.4, -0.2) is 17.1 Å². The molecule has 0 rings (SSSR count). The van der Waals surface area contributed by atoms with E-state index in [1.165, 1.54) is 0 Å². The zero-order valence-electron chi connectivity index (χ0n) is 4.53. The zero-order chi connectivity index (χ0) is 4.12. The van der Waals surface area contributed by atoms with Crippen LogP contribution < -0.4 is 18.9 Å². The minimum absolute atomic E-state index is 0. The molecular formula is C3H9LiOSi. The Bertz CT molecular complexity index is 18.3. The SMILES string of the molecule is [CH2-]CCO[SiH3].[Li+]. The van der Waals surface area contributed by atoms with Gasteiger partial charge in [0, 0.05) is 6.61 Å². The van der Waals surface area contributed by atoms with E-state index < -0.39 is 0 Å². The fourth-order valence-corrected chi connectivity index (χ4v) is 0.433. The number of rotatable bonds is 2. The van der Waals surface area contributed by atoms with Crippen molar-refractivity contribution in [2.45, 2.75) is 6.42 Å². The van der Waals surface area contributed by atoms with Gasteiger partial charge >= 0.3 is 18.9 Å². The predicted molar refractivity (Wildman–Crippen MR) is 25.9 cm³/mol. The first-order valence-electron chi connectivity index (χ1n) is 1.70. The van der Waals surface area contributed by atoms with Crippen LogP contribution in [0.5, 0.6) is 0 Å². The van der Waals surface area contributed by atoms with Gasteiger partial charge in [0.1, 0.15) is 10.5 Å². The first-order chi connectivity index (χ1) is 2.41. The van der Waals surface area contributed by atoms with E-state index in [4.69, 9.17) is 4.43 Å². The second-order valence-corrected chi connectivity index (χ2v) is 1.42. The molecule has 0 heterocycles. The van der Waals surface area contributed by atoms with Crippen LogP contribution in [0.25, 0.3) is 0 Å². The Morgan fingerprint density at radius 1 is 1.67 bits per heavy atom. The van der Waals surface area contributed by atoms with E-state index in [0.29, 0.717) is 0 Å². The summed E-state index contributed by atoms with van der Waals surface area (Å²) in [5, 5.41) is 0. The van der Waals surface area contributed by atoms with Gasteiger partial charge in [0.15, 0.2) is 0 Å². The van der Waals surface area contributed by atoms with E-state index in [1.807, 2.05) is 0 Å². The molecule has 32 valence electrons. The molecule has 3 heteroatoms. The van der Waals surface area contributed by atoms with Crippen molar-refractivity contribution in [1.29, 1.82) is 0 Å². The third-order valence-corrected chi connectivity index (χ3v) is 0.757. The van der Waals surface area contributed by atoms with Gasteiger partial charge in [0.2, 0.25) is 0 Å². The summed E-state index contributed by atoms with van der Waals surface area (Å²) >= 11 is 0. The van der Waals surface area contributed by atoms with Crippen molar-refractivity contribution < 1.29 is 23.3 Å². The third kappa shape index (κ3) is 8.84. The Labute approximate surface area is 54.2 Å². The number of hydrogen-bond acceptors (Lipinski definition) is 1. The average Bonchev–Trinajstić information content (AvgIpc) is 1.41. The van der Waals surface area contributed by atoms with Gasteiger partial charge in [-0.25, -0.2) is 0 Å². The van der Waals surface area contributed by atoms with Crippen LogP contribution in [0.4, 0.5) is 0 Å². The van der Waals surface area contributed by atoms with Crippen LogP contribution in [-0.2, 0) is 4.43 Å². The molecule has 0 amide bonds. The first-order valence-corrected chi connectivity index (χ1v) is 2.51. The fraction of sp³-hybridized carbons (Fsp3) is 0.667. The largest absolute Gasteiger partial charge is 1.00 e. The van der Waals surface area contributed by atoms with Gasteiger partial charge in [0.25, 0.3) is 0 Å². The van der Waals surface area contributed by atoms with Gasteiger partial charge in [-0.15, -0.1) is 0 Å². The molecule has 0 aliphatic heterocycles. The van der Waals surface area contributed by atoms with Gasteiger partial charge in [-0.3, -0.25) is 0 Å². The van der Waals surface area contributed by atoms with Gasteiger partial charge < -0.3 is 11.3 Å². The quantitative estimate of drug-likeness (QED) is 0.256. The Hall–Kier alpha value is 0.774. The summed E-state index contributed by atoms with van der Waals surface area (Å²) in [6.07, 6.45) is 0.906. The summed E-state index contributed by atoms with van der Waals surface area (Å²) in [6, 6.07) is 0. The monoisotopic (exact) mass is 96.1 g/mol. The minimum Gasteiger partial charge on any atom is -0.431 e. The molecule has 0 saturated heterocycles. The first kappa shape index (κ1) is 9.91. The number of hydrogen-bond donors (Lipinski definition) is 0. The van der Waals surface area contributed by atoms with E-state index in [1.54, 1.807) is 0 Å². The van der Waals surface area contributed by atoms with Crippen LogP contribution in [0.1, 0.15) is 6.42 Å². The second kappa shape index (κ2) is 9.24. The maximum Gasteiger partial charge on any atom is 1.00 e. The summed E-state index contributed by atoms with van der Waals surface area (Å²) in [5.41, 5.74) is 0. The van der Waals surface area contributed by atoms with Gasteiger partial charge in [-0.05, 0) is 0 Å². The molecule has 0 bridgehead atoms. The molecule has 0 aliphatic rings. The second-order valence-electron chi connectivity index (χ2n) is 0.846. The molecule has 0 aliphatic carbocycles. The Kier molecular flexibility index (Phi) is 15.3. The van der Waals surface area contributed by atoms with Crippen LogP contribution in [0.2, 0.25) is 0 Å². The summed E-state index contributed by atoms with van der Waals surface area (Å²) in [4.78, 5) is 0. The van der Waals surface area contributed by atoms with Gasteiger partial charge in [0.05, 0.1) is 0 Å². The van der Waals surface area contributed by atoms with Crippen molar-refractivity contribution in [3.8, 4) is 0 Å². The van der Waals surface area contributed by atoms with E-state index in [0.717, 1.165) is 23.5 Å².